The van der Waals surface area contributed by atoms with Crippen LogP contribution in [0.1, 0.15) is 92.3 Å². The first-order chi connectivity index (χ1) is 17.8. The summed E-state index contributed by atoms with van der Waals surface area (Å²) in [5.41, 5.74) is 3.51. The zero-order valence-corrected chi connectivity index (χ0v) is 28.5. The van der Waals surface area contributed by atoms with Gasteiger partial charge in [0, 0.05) is 23.8 Å². The Hall–Kier alpha value is -0.496. The highest BCUT2D eigenvalue weighted by Crippen LogP contribution is 2.41. The lowest BCUT2D eigenvalue weighted by atomic mass is 10.1. The van der Waals surface area contributed by atoms with Crippen LogP contribution in [0.3, 0.4) is 0 Å². The monoisotopic (exact) mass is 584 g/mol. The van der Waals surface area contributed by atoms with Crippen LogP contribution in [0.2, 0.25) is 22.2 Å². The normalized spacial score (nSPS) is 23.3. The van der Waals surface area contributed by atoms with Gasteiger partial charge in [0.05, 0.1) is 12.1 Å². The van der Waals surface area contributed by atoms with Crippen LogP contribution in [0.15, 0.2) is 5.16 Å². The number of aliphatic hydroxyl groups excluding tert-OH is 2. The van der Waals surface area contributed by atoms with Crippen molar-refractivity contribution in [2.75, 3.05) is 18.2 Å². The molecule has 0 aromatic carbocycles. The number of nitrogens with one attached hydrogen (secondary N) is 1. The van der Waals surface area contributed by atoms with E-state index in [1.807, 2.05) is 20.1 Å². The number of nitrogens with zero attached hydrogens (tertiary/aromatic N) is 2. The third-order valence-electron chi connectivity index (χ3n) is 8.13. The molecule has 0 aliphatic heterocycles. The van der Waals surface area contributed by atoms with Gasteiger partial charge in [-0.25, -0.2) is 9.97 Å². The third-order valence-corrected chi connectivity index (χ3v) is 17.1. The summed E-state index contributed by atoms with van der Waals surface area (Å²) in [6, 6.07) is -0.305. The summed E-state index contributed by atoms with van der Waals surface area (Å²) < 4.78 is 14.1. The molecular weight excluding hydrogens is 531 g/mol. The van der Waals surface area contributed by atoms with Crippen LogP contribution in [-0.4, -0.2) is 68.9 Å². The summed E-state index contributed by atoms with van der Waals surface area (Å²) in [7, 11) is -3.71. The number of hydrogen-bond acceptors (Lipinski definition) is 8. The standard InChI is InChI=1S/C28H54N3O4SSi2/c1-12-13-14-20(8)37(17(2)3)35-38(18(4)5,19(6)7)34-16-23-15-24(26(33)25(23)32)30-27-21(9)22(10)29-28(31-27)36-11/h17-20,23-26,32-33H,12-16H2,1-11H3,(H,29,30,31). The van der Waals surface area contributed by atoms with Crippen molar-refractivity contribution in [3.63, 3.8) is 0 Å². The molecule has 1 heterocycles. The molecule has 7 nitrogen and oxygen atoms in total. The van der Waals surface area contributed by atoms with Crippen molar-refractivity contribution >= 4 is 35.2 Å². The van der Waals surface area contributed by atoms with E-state index in [9.17, 15) is 10.2 Å². The Labute approximate surface area is 239 Å². The fourth-order valence-corrected chi connectivity index (χ4v) is 15.4. The quantitative estimate of drug-likeness (QED) is 0.120. The number of anilines is 1. The number of hydrogen-bond donors (Lipinski definition) is 3. The second kappa shape index (κ2) is 14.9. The van der Waals surface area contributed by atoms with Crippen molar-refractivity contribution in [2.45, 2.75) is 140 Å². The highest BCUT2D eigenvalue weighted by molar-refractivity contribution is 7.98. The summed E-state index contributed by atoms with van der Waals surface area (Å²) >= 11 is 1.49. The molecule has 1 aromatic rings. The maximum absolute atomic E-state index is 11.0. The minimum atomic E-state index is -2.61. The van der Waals surface area contributed by atoms with Gasteiger partial charge >= 0.3 is 8.56 Å². The predicted octanol–water partition coefficient (Wildman–Crippen LogP) is 6.61. The smallest absolute Gasteiger partial charge is 0.333 e. The van der Waals surface area contributed by atoms with Crippen LogP contribution in [0, 0.1) is 19.8 Å². The van der Waals surface area contributed by atoms with E-state index in [0.717, 1.165) is 17.1 Å². The molecule has 1 aromatic heterocycles. The van der Waals surface area contributed by atoms with E-state index in [-0.39, 0.29) is 23.0 Å². The number of aliphatic hydroxyl groups is 2. The largest absolute Gasteiger partial charge is 0.435 e. The topological polar surface area (TPSA) is 96.7 Å². The maximum Gasteiger partial charge on any atom is 0.333 e. The van der Waals surface area contributed by atoms with Crippen LogP contribution in [-0.2, 0) is 8.54 Å². The Balaban J connectivity index is 2.21. The molecule has 0 bridgehead atoms. The number of rotatable bonds is 15. The molecule has 2 rings (SSSR count). The van der Waals surface area contributed by atoms with Gasteiger partial charge < -0.3 is 24.1 Å². The predicted molar refractivity (Wildman–Crippen MR) is 164 cm³/mol. The van der Waals surface area contributed by atoms with Gasteiger partial charge in [-0.1, -0.05) is 86.4 Å². The summed E-state index contributed by atoms with van der Waals surface area (Å²) in [5.74, 6) is 0.548. The molecule has 5 unspecified atom stereocenters. The second-order valence-corrected chi connectivity index (χ2v) is 20.6. The molecule has 3 N–H and O–H groups in total. The average Bonchev–Trinajstić information content (AvgIpc) is 3.12. The molecule has 1 aliphatic rings. The van der Waals surface area contributed by atoms with E-state index in [0.29, 0.717) is 29.3 Å². The van der Waals surface area contributed by atoms with E-state index in [1.165, 1.54) is 31.0 Å². The van der Waals surface area contributed by atoms with Gasteiger partial charge in [-0.05, 0) is 48.7 Å². The van der Waals surface area contributed by atoms with Crippen LogP contribution in [0.4, 0.5) is 5.82 Å². The lowest BCUT2D eigenvalue weighted by Crippen LogP contribution is -2.54. The molecule has 0 amide bonds. The first-order valence-corrected chi connectivity index (χ1v) is 19.3. The molecule has 5 atom stereocenters. The molecule has 1 radical (unpaired) electrons. The van der Waals surface area contributed by atoms with Crippen molar-refractivity contribution in [1.29, 1.82) is 0 Å². The summed E-state index contributed by atoms with van der Waals surface area (Å²) in [6.45, 7) is 22.5. The van der Waals surface area contributed by atoms with Crippen LogP contribution in [0.25, 0.3) is 0 Å². The van der Waals surface area contributed by atoms with Gasteiger partial charge in [0.15, 0.2) is 5.16 Å². The van der Waals surface area contributed by atoms with Crippen molar-refractivity contribution in [3.8, 4) is 0 Å². The van der Waals surface area contributed by atoms with Crippen molar-refractivity contribution in [2.24, 2.45) is 5.92 Å². The Morgan fingerprint density at radius 1 is 1.05 bits per heavy atom. The van der Waals surface area contributed by atoms with E-state index < -0.39 is 29.8 Å². The highest BCUT2D eigenvalue weighted by atomic mass is 32.2. The number of aryl methyl sites for hydroxylation is 1. The molecule has 0 spiro atoms. The van der Waals surface area contributed by atoms with Gasteiger partial charge in [0.1, 0.15) is 11.9 Å². The van der Waals surface area contributed by atoms with Gasteiger partial charge in [-0.15, -0.1) is 0 Å². The first-order valence-electron chi connectivity index (χ1n) is 14.5. The number of unbranched alkanes of at least 4 members (excludes halogenated alkanes) is 1. The van der Waals surface area contributed by atoms with Crippen molar-refractivity contribution in [3.05, 3.63) is 11.3 Å². The van der Waals surface area contributed by atoms with Gasteiger partial charge in [-0.2, -0.15) is 0 Å². The molecule has 219 valence electrons. The minimum Gasteiger partial charge on any atom is -0.435 e. The summed E-state index contributed by atoms with van der Waals surface area (Å²) in [6.07, 6.45) is 4.44. The molecule has 10 heteroatoms. The van der Waals surface area contributed by atoms with Crippen LogP contribution >= 0.6 is 11.8 Å². The third kappa shape index (κ3) is 8.04. The lowest BCUT2D eigenvalue weighted by Gasteiger charge is -2.43. The van der Waals surface area contributed by atoms with Gasteiger partial charge in [-0.3, -0.25) is 0 Å². The zero-order valence-electron chi connectivity index (χ0n) is 25.7. The minimum absolute atomic E-state index is 0.175. The Morgan fingerprint density at radius 2 is 1.68 bits per heavy atom. The Bertz CT molecular complexity index is 869. The summed E-state index contributed by atoms with van der Waals surface area (Å²) in [4.78, 5) is 9.13. The van der Waals surface area contributed by atoms with Gasteiger partial charge in [0.2, 0.25) is 9.04 Å². The van der Waals surface area contributed by atoms with Crippen molar-refractivity contribution in [1.82, 2.24) is 9.97 Å². The molecule has 1 saturated carbocycles. The van der Waals surface area contributed by atoms with Crippen LogP contribution < -0.4 is 5.32 Å². The highest BCUT2D eigenvalue weighted by Gasteiger charge is 2.50. The zero-order chi connectivity index (χ0) is 28.8. The SMILES string of the molecule is CCCCC(C)[Si](O[Si](OCC1CC(Nc2nc(SC)nc(C)c2C)C(O)C1O)(C(C)C)C(C)C)C(C)C. The second-order valence-electron chi connectivity index (χ2n) is 12.0. The summed E-state index contributed by atoms with van der Waals surface area (Å²) in [5, 5.41) is 26.1. The average molecular weight is 585 g/mol. The first kappa shape index (κ1) is 33.7. The molecule has 0 saturated heterocycles. The number of thioether (sulfide) groups is 1. The number of aromatic nitrogens is 2. The van der Waals surface area contributed by atoms with E-state index in [2.05, 4.69) is 70.7 Å². The molecule has 1 fully saturated rings. The van der Waals surface area contributed by atoms with Crippen LogP contribution in [0.5, 0.6) is 0 Å². The molecule has 38 heavy (non-hydrogen) atoms. The lowest BCUT2D eigenvalue weighted by molar-refractivity contribution is 0.00341. The Kier molecular flexibility index (Phi) is 13.2. The Morgan fingerprint density at radius 3 is 2.21 bits per heavy atom. The fourth-order valence-electron chi connectivity index (χ4n) is 5.57. The fraction of sp³-hybridized carbons (Fsp3) is 0.857. The molecular formula is C28H54N3O4SSi2. The van der Waals surface area contributed by atoms with Gasteiger partial charge in [0.25, 0.3) is 0 Å². The van der Waals surface area contributed by atoms with E-state index in [1.54, 1.807) is 0 Å². The van der Waals surface area contributed by atoms with E-state index in [4.69, 9.17) is 8.54 Å². The molecule has 1 aliphatic carbocycles. The maximum atomic E-state index is 11.0. The van der Waals surface area contributed by atoms with E-state index >= 15 is 0 Å². The van der Waals surface area contributed by atoms with Crippen molar-refractivity contribution < 1.29 is 18.8 Å².